The molecule has 1 atom stereocenters. The second-order valence-electron chi connectivity index (χ2n) is 5.53. The molecule has 0 aromatic heterocycles. The van der Waals surface area contributed by atoms with E-state index in [1.54, 1.807) is 6.92 Å². The fourth-order valence-corrected chi connectivity index (χ4v) is 2.40. The van der Waals surface area contributed by atoms with Gasteiger partial charge in [-0.3, -0.25) is 4.79 Å². The molecule has 134 valence electrons. The Hall–Kier alpha value is -2.53. The predicted octanol–water partition coefficient (Wildman–Crippen LogP) is 3.62. The maximum atomic E-state index is 11.6. The number of benzene rings is 2. The standard InChI is InChI=1S/C20H25NO4/c1-3-23-19-12-16(17(21)13-20(22)24-4-2)10-11-18(19)25-14-15-8-6-5-7-9-15/h5-12,17H,3-4,13-14,21H2,1-2H3/t17-/m1/s1. The van der Waals surface area contributed by atoms with Gasteiger partial charge in [-0.15, -0.1) is 0 Å². The van der Waals surface area contributed by atoms with Gasteiger partial charge in [-0.2, -0.15) is 0 Å². The minimum atomic E-state index is -0.443. The fraction of sp³-hybridized carbons (Fsp3) is 0.350. The van der Waals surface area contributed by atoms with Gasteiger partial charge in [0.15, 0.2) is 11.5 Å². The van der Waals surface area contributed by atoms with Crippen molar-refractivity contribution in [3.05, 3.63) is 59.7 Å². The quantitative estimate of drug-likeness (QED) is 0.704. The zero-order valence-electron chi connectivity index (χ0n) is 14.7. The monoisotopic (exact) mass is 343 g/mol. The zero-order chi connectivity index (χ0) is 18.1. The molecule has 25 heavy (non-hydrogen) atoms. The SMILES string of the molecule is CCOC(=O)C[C@@H](N)c1ccc(OCc2ccccc2)c(OCC)c1. The smallest absolute Gasteiger partial charge is 0.307 e. The molecule has 0 saturated carbocycles. The first kappa shape index (κ1) is 18.8. The first-order valence-corrected chi connectivity index (χ1v) is 8.48. The van der Waals surface area contributed by atoms with E-state index in [0.29, 0.717) is 31.3 Å². The second kappa shape index (κ2) is 9.69. The Morgan fingerprint density at radius 1 is 1.00 bits per heavy atom. The Bertz CT molecular complexity index is 673. The predicted molar refractivity (Wildman–Crippen MR) is 96.6 cm³/mol. The van der Waals surface area contributed by atoms with E-state index in [-0.39, 0.29) is 12.4 Å². The van der Waals surface area contributed by atoms with Gasteiger partial charge < -0.3 is 19.9 Å². The Morgan fingerprint density at radius 3 is 2.44 bits per heavy atom. The number of rotatable bonds is 9. The lowest BCUT2D eigenvalue weighted by atomic mass is 10.0. The number of carbonyl (C=O) groups is 1. The van der Waals surface area contributed by atoms with Gasteiger partial charge in [-0.1, -0.05) is 36.4 Å². The average Bonchev–Trinajstić information content (AvgIpc) is 2.62. The van der Waals surface area contributed by atoms with Crippen molar-refractivity contribution in [2.45, 2.75) is 32.9 Å². The summed E-state index contributed by atoms with van der Waals surface area (Å²) in [6, 6.07) is 15.0. The van der Waals surface area contributed by atoms with Gasteiger partial charge in [0, 0.05) is 6.04 Å². The number of hydrogen-bond donors (Lipinski definition) is 1. The number of ether oxygens (including phenoxy) is 3. The lowest BCUT2D eigenvalue weighted by molar-refractivity contribution is -0.143. The summed E-state index contributed by atoms with van der Waals surface area (Å²) in [5.74, 6) is 0.963. The van der Waals surface area contributed by atoms with Crippen molar-refractivity contribution in [3.8, 4) is 11.5 Å². The molecule has 0 spiro atoms. The molecule has 0 unspecified atom stereocenters. The Morgan fingerprint density at radius 2 is 1.76 bits per heavy atom. The van der Waals surface area contributed by atoms with Crippen LogP contribution in [0.2, 0.25) is 0 Å². The second-order valence-corrected chi connectivity index (χ2v) is 5.53. The molecule has 0 aliphatic heterocycles. The van der Waals surface area contributed by atoms with Crippen molar-refractivity contribution in [1.29, 1.82) is 0 Å². The van der Waals surface area contributed by atoms with E-state index in [4.69, 9.17) is 19.9 Å². The van der Waals surface area contributed by atoms with Crippen LogP contribution >= 0.6 is 0 Å². The van der Waals surface area contributed by atoms with Crippen molar-refractivity contribution in [2.24, 2.45) is 5.73 Å². The van der Waals surface area contributed by atoms with Crippen LogP contribution in [0.5, 0.6) is 11.5 Å². The average molecular weight is 343 g/mol. The highest BCUT2D eigenvalue weighted by Crippen LogP contribution is 2.31. The van der Waals surface area contributed by atoms with Crippen LogP contribution < -0.4 is 15.2 Å². The highest BCUT2D eigenvalue weighted by atomic mass is 16.5. The van der Waals surface area contributed by atoms with Crippen LogP contribution in [0.15, 0.2) is 48.5 Å². The molecule has 0 aliphatic rings. The molecule has 0 saturated heterocycles. The van der Waals surface area contributed by atoms with E-state index < -0.39 is 6.04 Å². The summed E-state index contributed by atoms with van der Waals surface area (Å²) in [6.07, 6.45) is 0.129. The van der Waals surface area contributed by atoms with Gasteiger partial charge >= 0.3 is 5.97 Å². The van der Waals surface area contributed by atoms with Crippen molar-refractivity contribution in [2.75, 3.05) is 13.2 Å². The summed E-state index contributed by atoms with van der Waals surface area (Å²) < 4.78 is 16.5. The van der Waals surface area contributed by atoms with Crippen LogP contribution in [0.25, 0.3) is 0 Å². The lowest BCUT2D eigenvalue weighted by Crippen LogP contribution is -2.17. The maximum absolute atomic E-state index is 11.6. The third-order valence-corrected chi connectivity index (χ3v) is 3.62. The molecule has 0 fully saturated rings. The number of nitrogens with two attached hydrogens (primary N) is 1. The Labute approximate surface area is 148 Å². The molecule has 0 amide bonds. The molecular formula is C20H25NO4. The molecule has 0 heterocycles. The van der Waals surface area contributed by atoms with Gasteiger partial charge in [0.2, 0.25) is 0 Å². The van der Waals surface area contributed by atoms with Crippen molar-refractivity contribution >= 4 is 5.97 Å². The van der Waals surface area contributed by atoms with E-state index in [2.05, 4.69) is 0 Å². The molecule has 0 aliphatic carbocycles. The van der Waals surface area contributed by atoms with Gasteiger partial charge in [0.25, 0.3) is 0 Å². The summed E-state index contributed by atoms with van der Waals surface area (Å²) >= 11 is 0. The van der Waals surface area contributed by atoms with Crippen molar-refractivity contribution in [1.82, 2.24) is 0 Å². The first-order chi connectivity index (χ1) is 12.1. The van der Waals surface area contributed by atoms with E-state index in [1.807, 2.05) is 55.5 Å². The van der Waals surface area contributed by atoms with Crippen molar-refractivity contribution < 1.29 is 19.0 Å². The molecular weight excluding hydrogens is 318 g/mol. The number of carbonyl (C=O) groups excluding carboxylic acids is 1. The molecule has 5 nitrogen and oxygen atoms in total. The maximum Gasteiger partial charge on any atom is 0.307 e. The van der Waals surface area contributed by atoms with Crippen LogP contribution in [0.3, 0.4) is 0 Å². The largest absolute Gasteiger partial charge is 0.490 e. The summed E-state index contributed by atoms with van der Waals surface area (Å²) in [6.45, 7) is 5.00. The van der Waals surface area contributed by atoms with E-state index in [0.717, 1.165) is 11.1 Å². The Kier molecular flexibility index (Phi) is 7.29. The Balaban J connectivity index is 2.09. The fourth-order valence-electron chi connectivity index (χ4n) is 2.40. The summed E-state index contributed by atoms with van der Waals surface area (Å²) in [5, 5.41) is 0. The molecule has 2 N–H and O–H groups in total. The summed E-state index contributed by atoms with van der Waals surface area (Å²) in [5.41, 5.74) is 7.99. The van der Waals surface area contributed by atoms with E-state index >= 15 is 0 Å². The molecule has 2 aromatic rings. The van der Waals surface area contributed by atoms with Crippen LogP contribution in [-0.2, 0) is 16.1 Å². The normalized spacial score (nSPS) is 11.6. The third-order valence-electron chi connectivity index (χ3n) is 3.62. The highest BCUT2D eigenvalue weighted by Gasteiger charge is 2.15. The number of hydrogen-bond acceptors (Lipinski definition) is 5. The van der Waals surface area contributed by atoms with Crippen molar-refractivity contribution in [3.63, 3.8) is 0 Å². The third kappa shape index (κ3) is 5.80. The van der Waals surface area contributed by atoms with Crippen LogP contribution in [0.4, 0.5) is 0 Å². The van der Waals surface area contributed by atoms with Crippen LogP contribution in [0, 0.1) is 0 Å². The highest BCUT2D eigenvalue weighted by molar-refractivity contribution is 5.70. The number of esters is 1. The minimum absolute atomic E-state index is 0.129. The summed E-state index contributed by atoms with van der Waals surface area (Å²) in [4.78, 5) is 11.6. The molecule has 0 radical (unpaired) electrons. The topological polar surface area (TPSA) is 70.8 Å². The zero-order valence-corrected chi connectivity index (χ0v) is 14.7. The van der Waals surface area contributed by atoms with Gasteiger partial charge in [0.05, 0.1) is 19.6 Å². The molecule has 5 heteroatoms. The molecule has 0 bridgehead atoms. The first-order valence-electron chi connectivity index (χ1n) is 8.48. The van der Waals surface area contributed by atoms with Gasteiger partial charge in [0.1, 0.15) is 6.61 Å². The molecule has 2 rings (SSSR count). The lowest BCUT2D eigenvalue weighted by Gasteiger charge is -2.16. The van der Waals surface area contributed by atoms with Gasteiger partial charge in [-0.05, 0) is 37.1 Å². The van der Waals surface area contributed by atoms with Crippen LogP contribution in [0.1, 0.15) is 37.4 Å². The van der Waals surface area contributed by atoms with E-state index in [9.17, 15) is 4.79 Å². The summed E-state index contributed by atoms with van der Waals surface area (Å²) in [7, 11) is 0. The van der Waals surface area contributed by atoms with E-state index in [1.165, 1.54) is 0 Å². The molecule has 2 aromatic carbocycles. The minimum Gasteiger partial charge on any atom is -0.490 e. The van der Waals surface area contributed by atoms with Gasteiger partial charge in [-0.25, -0.2) is 0 Å². The van der Waals surface area contributed by atoms with Crippen LogP contribution in [-0.4, -0.2) is 19.2 Å².